The molecule has 5 aromatic rings. The van der Waals surface area contributed by atoms with Crippen molar-refractivity contribution >= 4 is 28.8 Å². The lowest BCUT2D eigenvalue weighted by Gasteiger charge is -2.10. The molecule has 1 fully saturated rings. The van der Waals surface area contributed by atoms with E-state index in [0.29, 0.717) is 23.7 Å². The normalized spacial score (nSPS) is 12.2. The van der Waals surface area contributed by atoms with Crippen LogP contribution in [0.5, 0.6) is 0 Å². The van der Waals surface area contributed by atoms with E-state index >= 15 is 0 Å². The Kier molecular flexibility index (Phi) is 8.10. The summed E-state index contributed by atoms with van der Waals surface area (Å²) in [4.78, 5) is 23.8. The zero-order valence-electron chi connectivity index (χ0n) is 22.4. The number of nitrogens with two attached hydrogens (primary N) is 1. The monoisotopic (exact) mass is 511 g/mol. The van der Waals surface area contributed by atoms with Crippen molar-refractivity contribution < 1.29 is 4.79 Å². The van der Waals surface area contributed by atoms with E-state index < -0.39 is 0 Å². The third-order valence-corrected chi connectivity index (χ3v) is 6.09. The highest BCUT2D eigenvalue weighted by molar-refractivity contribution is 5.95. The fraction of sp³-hybridized carbons (Fsp3) is 0.286. The molecule has 1 amide bonds. The summed E-state index contributed by atoms with van der Waals surface area (Å²) in [5.74, 6) is 1.67. The first-order chi connectivity index (χ1) is 18.4. The molecule has 38 heavy (non-hydrogen) atoms. The molecule has 1 aliphatic rings. The zero-order valence-corrected chi connectivity index (χ0v) is 22.4. The number of pyridine rings is 3. The Hall–Kier alpha value is -4.60. The molecule has 0 aromatic carbocycles. The van der Waals surface area contributed by atoms with Crippen LogP contribution < -0.4 is 11.1 Å². The molecule has 5 heterocycles. The number of hydrogen-bond donors (Lipinski definition) is 2. The molecule has 0 spiro atoms. The lowest BCUT2D eigenvalue weighted by atomic mass is 10.0. The van der Waals surface area contributed by atoms with Crippen molar-refractivity contribution in [3.8, 4) is 22.6 Å². The number of amides is 1. The molecule has 10 heteroatoms. The SMILES string of the molecule is CC.Cc1cc(-c2ccn(C)n2)ncc1-c1cc2cc(NC=O)ncc2c(N)n1.Cn1cc(C2CC2)cn1. The van der Waals surface area contributed by atoms with Gasteiger partial charge >= 0.3 is 0 Å². The molecule has 3 N–H and O–H groups in total. The minimum Gasteiger partial charge on any atom is -0.383 e. The van der Waals surface area contributed by atoms with Gasteiger partial charge in [0.25, 0.3) is 0 Å². The number of nitrogens with one attached hydrogen (secondary N) is 1. The second-order valence-corrected chi connectivity index (χ2v) is 8.93. The van der Waals surface area contributed by atoms with E-state index in [1.807, 2.05) is 70.1 Å². The van der Waals surface area contributed by atoms with Crippen LogP contribution in [0, 0.1) is 6.92 Å². The number of carbonyl (C=O) groups is 1. The fourth-order valence-electron chi connectivity index (χ4n) is 4.03. The zero-order chi connectivity index (χ0) is 27.2. The number of rotatable bonds is 5. The average Bonchev–Trinajstić information content (AvgIpc) is 3.53. The molecule has 6 rings (SSSR count). The molecule has 1 saturated carbocycles. The topological polar surface area (TPSA) is 129 Å². The van der Waals surface area contributed by atoms with Crippen molar-refractivity contribution in [2.75, 3.05) is 11.1 Å². The minimum atomic E-state index is 0.376. The maximum absolute atomic E-state index is 10.7. The van der Waals surface area contributed by atoms with Gasteiger partial charge in [0.2, 0.25) is 6.41 Å². The lowest BCUT2D eigenvalue weighted by Crippen LogP contribution is -2.00. The van der Waals surface area contributed by atoms with Crippen molar-refractivity contribution in [3.63, 3.8) is 0 Å². The van der Waals surface area contributed by atoms with Gasteiger partial charge < -0.3 is 11.1 Å². The van der Waals surface area contributed by atoms with Gasteiger partial charge in [-0.15, -0.1) is 0 Å². The number of aryl methyl sites for hydroxylation is 3. The smallest absolute Gasteiger partial charge is 0.212 e. The fourth-order valence-corrected chi connectivity index (χ4v) is 4.03. The van der Waals surface area contributed by atoms with Crippen molar-refractivity contribution in [3.05, 3.63) is 66.4 Å². The minimum absolute atomic E-state index is 0.376. The van der Waals surface area contributed by atoms with E-state index in [1.165, 1.54) is 18.4 Å². The van der Waals surface area contributed by atoms with Gasteiger partial charge in [-0.05, 0) is 66.5 Å². The van der Waals surface area contributed by atoms with Crippen LogP contribution in [0.1, 0.15) is 43.7 Å². The predicted molar refractivity (Wildman–Crippen MR) is 150 cm³/mol. The van der Waals surface area contributed by atoms with Gasteiger partial charge in [-0.1, -0.05) is 13.8 Å². The van der Waals surface area contributed by atoms with Crippen LogP contribution in [0.3, 0.4) is 0 Å². The molecule has 5 aromatic heterocycles. The molecule has 0 radical (unpaired) electrons. The van der Waals surface area contributed by atoms with E-state index in [1.54, 1.807) is 23.1 Å². The predicted octanol–water partition coefficient (Wildman–Crippen LogP) is 4.87. The third-order valence-electron chi connectivity index (χ3n) is 6.09. The molecule has 0 bridgehead atoms. The van der Waals surface area contributed by atoms with Crippen molar-refractivity contribution in [1.29, 1.82) is 0 Å². The lowest BCUT2D eigenvalue weighted by molar-refractivity contribution is -0.105. The maximum atomic E-state index is 10.7. The maximum Gasteiger partial charge on any atom is 0.212 e. The molecule has 0 atom stereocenters. The summed E-state index contributed by atoms with van der Waals surface area (Å²) >= 11 is 0. The first kappa shape index (κ1) is 26.5. The Morgan fingerprint density at radius 2 is 1.79 bits per heavy atom. The number of aromatic nitrogens is 7. The molecular weight excluding hydrogens is 478 g/mol. The molecular formula is C28H33N9O. The van der Waals surface area contributed by atoms with Crippen LogP contribution in [0.2, 0.25) is 0 Å². The number of hydrogen-bond acceptors (Lipinski definition) is 7. The molecule has 0 unspecified atom stereocenters. The number of carbonyl (C=O) groups excluding carboxylic acids is 1. The summed E-state index contributed by atoms with van der Waals surface area (Å²) in [6, 6.07) is 7.57. The van der Waals surface area contributed by atoms with E-state index in [0.717, 1.165) is 39.2 Å². The molecule has 1 aliphatic carbocycles. The van der Waals surface area contributed by atoms with Crippen LogP contribution in [0.4, 0.5) is 11.6 Å². The summed E-state index contributed by atoms with van der Waals surface area (Å²) in [7, 11) is 3.83. The van der Waals surface area contributed by atoms with E-state index in [2.05, 4.69) is 36.7 Å². The van der Waals surface area contributed by atoms with Crippen molar-refractivity contribution in [1.82, 2.24) is 34.5 Å². The number of nitrogen functional groups attached to an aromatic ring is 1. The summed E-state index contributed by atoms with van der Waals surface area (Å²) in [6.07, 6.45) is 12.7. The van der Waals surface area contributed by atoms with Gasteiger partial charge in [-0.25, -0.2) is 9.97 Å². The molecule has 0 saturated heterocycles. The summed E-state index contributed by atoms with van der Waals surface area (Å²) in [5.41, 5.74) is 11.7. The van der Waals surface area contributed by atoms with Gasteiger partial charge in [0.05, 0.1) is 17.6 Å². The largest absolute Gasteiger partial charge is 0.383 e. The Labute approximate surface area is 221 Å². The standard InChI is InChI=1S/C19H17N7O.C7H10N2.C2H6/c1-11-5-17(15-3-4-26(2)25-15)21-8-13(11)16-6-12-7-18(23-10-27)22-9-14(12)19(20)24-16;1-9-5-7(4-8-9)6-2-3-6;1-2/h3-10H,1-2H3,(H2,20,24)(H,22,23,27);4-6H,2-3H2,1H3;1-2H3. The second-order valence-electron chi connectivity index (χ2n) is 8.93. The van der Waals surface area contributed by atoms with Crippen LogP contribution >= 0.6 is 0 Å². The van der Waals surface area contributed by atoms with Gasteiger partial charge in [0.15, 0.2) is 0 Å². The Balaban J connectivity index is 0.000000254. The number of fused-ring (bicyclic) bond motifs is 1. The quantitative estimate of drug-likeness (QED) is 0.322. The van der Waals surface area contributed by atoms with Crippen molar-refractivity contribution in [2.45, 2.75) is 39.5 Å². The highest BCUT2D eigenvalue weighted by Crippen LogP contribution is 2.39. The van der Waals surface area contributed by atoms with Crippen molar-refractivity contribution in [2.24, 2.45) is 14.1 Å². The van der Waals surface area contributed by atoms with E-state index in [-0.39, 0.29) is 0 Å². The van der Waals surface area contributed by atoms with Gasteiger partial charge in [0.1, 0.15) is 17.3 Å². The van der Waals surface area contributed by atoms with Crippen LogP contribution in [-0.2, 0) is 18.9 Å². The van der Waals surface area contributed by atoms with Gasteiger partial charge in [0, 0.05) is 49.8 Å². The second kappa shape index (κ2) is 11.6. The summed E-state index contributed by atoms with van der Waals surface area (Å²) < 4.78 is 3.61. The Morgan fingerprint density at radius 3 is 2.39 bits per heavy atom. The van der Waals surface area contributed by atoms with E-state index in [4.69, 9.17) is 5.73 Å². The first-order valence-corrected chi connectivity index (χ1v) is 12.6. The molecule has 196 valence electrons. The van der Waals surface area contributed by atoms with Gasteiger partial charge in [-0.2, -0.15) is 10.2 Å². The Bertz CT molecular complexity index is 1550. The average molecular weight is 512 g/mol. The van der Waals surface area contributed by atoms with Crippen LogP contribution in [-0.4, -0.2) is 40.9 Å². The highest BCUT2D eigenvalue weighted by Gasteiger charge is 2.24. The Morgan fingerprint density at radius 1 is 1.00 bits per heavy atom. The summed E-state index contributed by atoms with van der Waals surface area (Å²) in [6.45, 7) is 6.00. The molecule has 0 aliphatic heterocycles. The summed E-state index contributed by atoms with van der Waals surface area (Å²) in [5, 5.41) is 12.6. The van der Waals surface area contributed by atoms with Crippen LogP contribution in [0.15, 0.2) is 55.2 Å². The van der Waals surface area contributed by atoms with Crippen LogP contribution in [0.25, 0.3) is 33.4 Å². The number of nitrogens with zero attached hydrogens (tertiary/aromatic N) is 7. The molecule has 10 nitrogen and oxygen atoms in total. The third kappa shape index (κ3) is 6.03. The number of anilines is 2. The highest BCUT2D eigenvalue weighted by atomic mass is 16.1. The van der Waals surface area contributed by atoms with E-state index in [9.17, 15) is 4.79 Å². The first-order valence-electron chi connectivity index (χ1n) is 12.6. The van der Waals surface area contributed by atoms with Gasteiger partial charge in [-0.3, -0.25) is 19.1 Å².